The van der Waals surface area contributed by atoms with Crippen LogP contribution in [0, 0.1) is 0 Å². The molecule has 0 saturated heterocycles. The topological polar surface area (TPSA) is 117 Å². The van der Waals surface area contributed by atoms with Crippen LogP contribution in [-0.2, 0) is 11.3 Å². The molecule has 2 aliphatic rings. The average Bonchev–Trinajstić information content (AvgIpc) is 3.46. The molecule has 2 N–H and O–H groups in total. The third-order valence-corrected chi connectivity index (χ3v) is 5.45. The predicted octanol–water partition coefficient (Wildman–Crippen LogP) is 2.24. The van der Waals surface area contributed by atoms with Crippen molar-refractivity contribution >= 4 is 28.4 Å². The van der Waals surface area contributed by atoms with E-state index in [1.165, 1.54) is 6.20 Å². The van der Waals surface area contributed by atoms with E-state index in [0.717, 1.165) is 0 Å². The lowest BCUT2D eigenvalue weighted by molar-refractivity contribution is -0.116. The predicted molar refractivity (Wildman–Crippen MR) is 118 cm³/mol. The number of rotatable bonds is 6. The fraction of sp³-hybridized carbons (Fsp3) is 0.261. The number of hydrogen-bond acceptors (Lipinski definition) is 7. The summed E-state index contributed by atoms with van der Waals surface area (Å²) in [5.74, 6) is 1.39. The van der Waals surface area contributed by atoms with Crippen molar-refractivity contribution in [2.24, 2.45) is 0 Å². The Balaban J connectivity index is 1.26. The molecule has 3 aromatic rings. The Morgan fingerprint density at radius 2 is 1.67 bits per heavy atom. The molecule has 0 unspecified atom stereocenters. The van der Waals surface area contributed by atoms with Gasteiger partial charge in [-0.2, -0.15) is 0 Å². The van der Waals surface area contributed by atoms with Crippen molar-refractivity contribution in [3.8, 4) is 23.0 Å². The summed E-state index contributed by atoms with van der Waals surface area (Å²) in [6.07, 6.45) is 1.56. The van der Waals surface area contributed by atoms with E-state index < -0.39 is 11.3 Å². The van der Waals surface area contributed by atoms with Crippen LogP contribution < -0.4 is 35.0 Å². The van der Waals surface area contributed by atoms with Crippen LogP contribution in [0.15, 0.2) is 41.3 Å². The van der Waals surface area contributed by atoms with Crippen LogP contribution >= 0.6 is 0 Å². The van der Waals surface area contributed by atoms with Crippen LogP contribution in [0.2, 0.25) is 0 Å². The number of fused-ring (bicyclic) bond motifs is 3. The fourth-order valence-electron chi connectivity index (χ4n) is 3.79. The normalized spacial score (nSPS) is 13.2. The van der Waals surface area contributed by atoms with E-state index in [4.69, 9.17) is 18.9 Å². The molecule has 33 heavy (non-hydrogen) atoms. The first-order valence-electron chi connectivity index (χ1n) is 10.5. The first-order chi connectivity index (χ1) is 16.0. The van der Waals surface area contributed by atoms with Crippen molar-refractivity contribution in [2.75, 3.05) is 25.4 Å². The van der Waals surface area contributed by atoms with E-state index in [2.05, 4.69) is 10.6 Å². The van der Waals surface area contributed by atoms with Crippen molar-refractivity contribution in [2.45, 2.75) is 19.9 Å². The van der Waals surface area contributed by atoms with Crippen molar-refractivity contribution < 1.29 is 28.5 Å². The highest BCUT2D eigenvalue weighted by molar-refractivity contribution is 5.98. The maximum atomic E-state index is 13.0. The number of anilines is 1. The molecule has 0 radical (unpaired) electrons. The van der Waals surface area contributed by atoms with E-state index in [1.54, 1.807) is 34.9 Å². The number of pyridine rings is 1. The zero-order chi connectivity index (χ0) is 22.9. The van der Waals surface area contributed by atoms with Crippen molar-refractivity contribution in [3.05, 3.63) is 52.3 Å². The van der Waals surface area contributed by atoms with Gasteiger partial charge in [-0.15, -0.1) is 0 Å². The minimum Gasteiger partial charge on any atom is -0.454 e. The van der Waals surface area contributed by atoms with Crippen LogP contribution in [0.3, 0.4) is 0 Å². The van der Waals surface area contributed by atoms with Crippen LogP contribution in [-0.4, -0.2) is 36.5 Å². The molecule has 1 aromatic heterocycles. The number of aryl methyl sites for hydroxylation is 1. The molecular formula is C23H21N3O7. The number of benzene rings is 2. The average molecular weight is 451 g/mol. The van der Waals surface area contributed by atoms with Gasteiger partial charge >= 0.3 is 0 Å². The summed E-state index contributed by atoms with van der Waals surface area (Å²) in [5.41, 5.74) is 0.816. The first kappa shape index (κ1) is 20.7. The van der Waals surface area contributed by atoms with Crippen molar-refractivity contribution in [1.29, 1.82) is 0 Å². The van der Waals surface area contributed by atoms with Gasteiger partial charge in [-0.05, 0) is 25.1 Å². The summed E-state index contributed by atoms with van der Waals surface area (Å²) in [5, 5.41) is 5.77. The fourth-order valence-corrected chi connectivity index (χ4v) is 3.79. The van der Waals surface area contributed by atoms with E-state index in [1.807, 2.05) is 6.92 Å². The van der Waals surface area contributed by atoms with Gasteiger partial charge in [0, 0.05) is 43.5 Å². The molecule has 10 nitrogen and oxygen atoms in total. The smallest absolute Gasteiger partial charge is 0.256 e. The van der Waals surface area contributed by atoms with Gasteiger partial charge in [0.05, 0.1) is 10.9 Å². The number of nitrogens with zero attached hydrogens (tertiary/aromatic N) is 1. The molecule has 0 atom stereocenters. The Morgan fingerprint density at radius 1 is 0.970 bits per heavy atom. The summed E-state index contributed by atoms with van der Waals surface area (Å²) in [7, 11) is 0. The van der Waals surface area contributed by atoms with Gasteiger partial charge in [0.15, 0.2) is 23.0 Å². The minimum atomic E-state index is -0.544. The number of hydrogen-bond donors (Lipinski definition) is 2. The monoisotopic (exact) mass is 451 g/mol. The summed E-state index contributed by atoms with van der Waals surface area (Å²) < 4.78 is 23.1. The maximum absolute atomic E-state index is 13.0. The van der Waals surface area contributed by atoms with E-state index in [0.29, 0.717) is 46.1 Å². The number of amides is 2. The molecule has 2 aliphatic heterocycles. The van der Waals surface area contributed by atoms with Gasteiger partial charge in [-0.25, -0.2) is 0 Å². The van der Waals surface area contributed by atoms with E-state index in [-0.39, 0.29) is 38.0 Å². The van der Waals surface area contributed by atoms with Gasteiger partial charge in [0.1, 0.15) is 5.56 Å². The Kier molecular flexibility index (Phi) is 5.25. The number of aromatic nitrogens is 1. The maximum Gasteiger partial charge on any atom is 0.256 e. The Bertz CT molecular complexity index is 1330. The van der Waals surface area contributed by atoms with Crippen LogP contribution in [0.5, 0.6) is 23.0 Å². The molecule has 170 valence electrons. The first-order valence-corrected chi connectivity index (χ1v) is 10.5. The highest BCUT2D eigenvalue weighted by Gasteiger charge is 2.21. The third kappa shape index (κ3) is 3.91. The number of nitrogens with one attached hydrogen (secondary N) is 2. The summed E-state index contributed by atoms with van der Waals surface area (Å²) >= 11 is 0. The molecule has 0 fully saturated rings. The molecule has 10 heteroatoms. The van der Waals surface area contributed by atoms with Crippen LogP contribution in [0.25, 0.3) is 10.9 Å². The van der Waals surface area contributed by atoms with Crippen molar-refractivity contribution in [3.63, 3.8) is 0 Å². The second-order valence-corrected chi connectivity index (χ2v) is 7.50. The summed E-state index contributed by atoms with van der Waals surface area (Å²) in [4.78, 5) is 38.0. The lowest BCUT2D eigenvalue weighted by atomic mass is 10.1. The molecule has 5 rings (SSSR count). The Labute approximate surface area is 188 Å². The number of carbonyl (C=O) groups excluding carboxylic acids is 2. The second kappa shape index (κ2) is 8.38. The molecule has 2 amide bonds. The molecule has 0 spiro atoms. The summed E-state index contributed by atoms with van der Waals surface area (Å²) in [6.45, 7) is 2.77. The summed E-state index contributed by atoms with van der Waals surface area (Å²) in [6, 6.07) is 8.43. The number of ether oxygens (including phenoxy) is 4. The molecule has 0 saturated carbocycles. The van der Waals surface area contributed by atoms with E-state index in [9.17, 15) is 14.4 Å². The standard InChI is InChI=1S/C23H21N3O7/c1-2-26-10-15(22(28)14-8-19-20(9-16(14)26)33-12-32-19)23(29)24-6-5-21(27)25-13-3-4-17-18(7-13)31-11-30-17/h3-4,7-10H,2,5-6,11-12H2,1H3,(H,24,29)(H,25,27). The van der Waals surface area contributed by atoms with Gasteiger partial charge in [0.2, 0.25) is 24.9 Å². The Hall–Kier alpha value is -4.21. The SMILES string of the molecule is CCn1cc(C(=O)NCCC(=O)Nc2ccc3c(c2)OCO3)c(=O)c2cc3c(cc21)OCO3. The molecule has 0 bridgehead atoms. The second-order valence-electron chi connectivity index (χ2n) is 7.50. The van der Waals surface area contributed by atoms with Gasteiger partial charge in [-0.1, -0.05) is 0 Å². The van der Waals surface area contributed by atoms with Gasteiger partial charge in [-0.3, -0.25) is 14.4 Å². The lowest BCUT2D eigenvalue weighted by Crippen LogP contribution is -2.32. The van der Waals surface area contributed by atoms with E-state index >= 15 is 0 Å². The zero-order valence-electron chi connectivity index (χ0n) is 17.8. The molecular weight excluding hydrogens is 430 g/mol. The highest BCUT2D eigenvalue weighted by atomic mass is 16.7. The van der Waals surface area contributed by atoms with Gasteiger partial charge < -0.3 is 34.1 Å². The third-order valence-electron chi connectivity index (χ3n) is 5.45. The van der Waals surface area contributed by atoms with Gasteiger partial charge in [0.25, 0.3) is 5.91 Å². The molecule has 3 heterocycles. The quantitative estimate of drug-likeness (QED) is 0.590. The Morgan fingerprint density at radius 3 is 2.42 bits per heavy atom. The van der Waals surface area contributed by atoms with Crippen LogP contribution in [0.4, 0.5) is 5.69 Å². The molecule has 0 aliphatic carbocycles. The van der Waals surface area contributed by atoms with Crippen molar-refractivity contribution in [1.82, 2.24) is 9.88 Å². The largest absolute Gasteiger partial charge is 0.454 e. The highest BCUT2D eigenvalue weighted by Crippen LogP contribution is 2.35. The molecule has 2 aromatic carbocycles. The lowest BCUT2D eigenvalue weighted by Gasteiger charge is -2.12. The zero-order valence-corrected chi connectivity index (χ0v) is 17.8. The van der Waals surface area contributed by atoms with Crippen LogP contribution in [0.1, 0.15) is 23.7 Å². The minimum absolute atomic E-state index is 0.000561. The number of carbonyl (C=O) groups is 2.